The molecule has 0 saturated carbocycles. The molecule has 9 heteroatoms. The van der Waals surface area contributed by atoms with Gasteiger partial charge in [0.05, 0.1) is 16.8 Å². The largest absolute Gasteiger partial charge is 0.452 e. The Labute approximate surface area is 189 Å². The monoisotopic (exact) mass is 447 g/mol. The van der Waals surface area contributed by atoms with Crippen LogP contribution < -0.4 is 5.32 Å². The normalized spacial score (nSPS) is 10.8. The van der Waals surface area contributed by atoms with Gasteiger partial charge in [-0.3, -0.25) is 14.3 Å². The van der Waals surface area contributed by atoms with Gasteiger partial charge in [0.1, 0.15) is 5.82 Å². The van der Waals surface area contributed by atoms with Gasteiger partial charge in [0.25, 0.3) is 5.91 Å². The highest BCUT2D eigenvalue weighted by Gasteiger charge is 2.14. The molecular weight excluding hydrogens is 426 g/mol. The van der Waals surface area contributed by atoms with Crippen LogP contribution in [0.25, 0.3) is 16.6 Å². The second-order valence-electron chi connectivity index (χ2n) is 7.07. The van der Waals surface area contributed by atoms with Crippen LogP contribution in [0.3, 0.4) is 0 Å². The number of esters is 1. The molecule has 2 heterocycles. The average Bonchev–Trinajstić information content (AvgIpc) is 3.18. The summed E-state index contributed by atoms with van der Waals surface area (Å²) in [4.78, 5) is 29.3. The van der Waals surface area contributed by atoms with E-state index in [4.69, 9.17) is 4.74 Å². The van der Waals surface area contributed by atoms with Crippen molar-refractivity contribution in [1.29, 1.82) is 0 Å². The van der Waals surface area contributed by atoms with E-state index in [0.717, 1.165) is 33.3 Å². The fourth-order valence-electron chi connectivity index (χ4n) is 3.33. The molecule has 2 aromatic heterocycles. The van der Waals surface area contributed by atoms with E-state index in [1.807, 2.05) is 48.9 Å². The Morgan fingerprint density at radius 3 is 2.56 bits per heavy atom. The lowest BCUT2D eigenvalue weighted by Gasteiger charge is -2.11. The number of carbonyl (C=O) groups is 2. The highest BCUT2D eigenvalue weighted by Crippen LogP contribution is 2.23. The molecule has 0 spiro atoms. The minimum Gasteiger partial charge on any atom is -0.452 e. The van der Waals surface area contributed by atoms with E-state index in [9.17, 15) is 9.59 Å². The Morgan fingerprint density at radius 1 is 1.06 bits per heavy atom. The summed E-state index contributed by atoms with van der Waals surface area (Å²) in [6, 6.07) is 16.2. The molecule has 0 aliphatic rings. The van der Waals surface area contributed by atoms with Gasteiger partial charge >= 0.3 is 5.97 Å². The van der Waals surface area contributed by atoms with Crippen molar-refractivity contribution in [3.05, 3.63) is 71.7 Å². The predicted octanol–water partition coefficient (Wildman–Crippen LogP) is 3.95. The lowest BCUT2D eigenvalue weighted by Crippen LogP contribution is -2.21. The molecule has 4 rings (SSSR count). The van der Waals surface area contributed by atoms with E-state index >= 15 is 0 Å². The first kappa shape index (κ1) is 21.5. The number of para-hydroxylation sites is 1. The van der Waals surface area contributed by atoms with Crippen molar-refractivity contribution in [3.63, 3.8) is 0 Å². The summed E-state index contributed by atoms with van der Waals surface area (Å²) < 4.78 is 7.10. The molecule has 0 fully saturated rings. The van der Waals surface area contributed by atoms with E-state index in [1.54, 1.807) is 30.3 Å². The summed E-state index contributed by atoms with van der Waals surface area (Å²) in [5, 5.41) is 12.6. The number of hydrogen-bond acceptors (Lipinski definition) is 7. The van der Waals surface area contributed by atoms with Gasteiger partial charge in [-0.2, -0.15) is 0 Å². The summed E-state index contributed by atoms with van der Waals surface area (Å²) in [6.07, 6.45) is 1.92. The maximum absolute atomic E-state index is 12.4. The zero-order chi connectivity index (χ0) is 22.7. The first-order valence-corrected chi connectivity index (χ1v) is 11.1. The van der Waals surface area contributed by atoms with E-state index in [2.05, 4.69) is 20.5 Å². The molecule has 4 aromatic rings. The molecule has 0 aliphatic carbocycles. The molecule has 0 aliphatic heterocycles. The van der Waals surface area contributed by atoms with Crippen LogP contribution in [0.15, 0.2) is 59.8 Å². The Bertz CT molecular complexity index is 1300. The van der Waals surface area contributed by atoms with E-state index in [0.29, 0.717) is 11.3 Å². The number of anilines is 1. The third-order valence-electron chi connectivity index (χ3n) is 4.79. The fourth-order valence-corrected chi connectivity index (χ4v) is 3.87. The van der Waals surface area contributed by atoms with Crippen LogP contribution in [0.1, 0.15) is 21.9 Å². The number of aromatic nitrogens is 4. The van der Waals surface area contributed by atoms with Crippen molar-refractivity contribution in [1.82, 2.24) is 19.7 Å². The highest BCUT2D eigenvalue weighted by molar-refractivity contribution is 7.98. The third-order valence-corrected chi connectivity index (χ3v) is 5.42. The molecule has 1 N–H and O–H groups in total. The van der Waals surface area contributed by atoms with E-state index in [-0.39, 0.29) is 0 Å². The Morgan fingerprint density at radius 2 is 1.81 bits per heavy atom. The second kappa shape index (κ2) is 9.19. The summed E-state index contributed by atoms with van der Waals surface area (Å²) in [7, 11) is 0. The topological polar surface area (TPSA) is 99.0 Å². The van der Waals surface area contributed by atoms with Crippen LogP contribution in [-0.2, 0) is 9.53 Å². The number of fused-ring (bicyclic) bond motifs is 1. The van der Waals surface area contributed by atoms with Crippen molar-refractivity contribution in [2.24, 2.45) is 0 Å². The molecule has 162 valence electrons. The standard InChI is InChI=1S/C23H21N5O3S/c1-14-12-20(18-6-4-5-7-19(18)24-14)25-21(29)13-31-22(30)16-8-10-17(11-9-16)28-15(2)26-27-23(28)32-3/h4-12H,13H2,1-3H3,(H,24,25,29). The SMILES string of the molecule is CSc1nnc(C)n1-c1ccc(C(=O)OCC(=O)Nc2cc(C)nc3ccccc23)cc1. The van der Waals surface area contributed by atoms with E-state index < -0.39 is 18.5 Å². The minimum absolute atomic E-state index is 0.350. The number of nitrogens with one attached hydrogen (secondary N) is 1. The number of ether oxygens (including phenoxy) is 1. The van der Waals surface area contributed by atoms with Gasteiger partial charge in [0, 0.05) is 16.8 Å². The molecule has 0 unspecified atom stereocenters. The van der Waals surface area contributed by atoms with Gasteiger partial charge in [-0.15, -0.1) is 10.2 Å². The predicted molar refractivity (Wildman–Crippen MR) is 123 cm³/mol. The number of aryl methyl sites for hydroxylation is 2. The molecular formula is C23H21N5O3S. The van der Waals surface area contributed by atoms with Gasteiger partial charge < -0.3 is 10.1 Å². The Hall–Kier alpha value is -3.72. The highest BCUT2D eigenvalue weighted by atomic mass is 32.2. The fraction of sp³-hybridized carbons (Fsp3) is 0.174. The van der Waals surface area contributed by atoms with Crippen molar-refractivity contribution >= 4 is 40.2 Å². The first-order chi connectivity index (χ1) is 15.5. The van der Waals surface area contributed by atoms with Crippen LogP contribution in [0.4, 0.5) is 5.69 Å². The smallest absolute Gasteiger partial charge is 0.338 e. The Kier molecular flexibility index (Phi) is 6.18. The molecule has 32 heavy (non-hydrogen) atoms. The van der Waals surface area contributed by atoms with Crippen LogP contribution in [0.5, 0.6) is 0 Å². The number of hydrogen-bond donors (Lipinski definition) is 1. The zero-order valence-corrected chi connectivity index (χ0v) is 18.6. The number of nitrogens with zero attached hydrogens (tertiary/aromatic N) is 4. The van der Waals surface area contributed by atoms with Crippen molar-refractivity contribution in [3.8, 4) is 5.69 Å². The average molecular weight is 448 g/mol. The van der Waals surface area contributed by atoms with Crippen LogP contribution in [0, 0.1) is 13.8 Å². The maximum atomic E-state index is 12.4. The number of pyridine rings is 1. The minimum atomic E-state index is -0.576. The molecule has 1 amide bonds. The number of carbonyl (C=O) groups excluding carboxylic acids is 2. The summed E-state index contributed by atoms with van der Waals surface area (Å²) in [5.74, 6) is -0.247. The number of amides is 1. The summed E-state index contributed by atoms with van der Waals surface area (Å²) in [5.41, 5.74) is 3.39. The lowest BCUT2D eigenvalue weighted by atomic mass is 10.1. The quantitative estimate of drug-likeness (QED) is 0.353. The Balaban J connectivity index is 1.41. The number of rotatable bonds is 6. The van der Waals surface area contributed by atoms with Gasteiger partial charge in [-0.1, -0.05) is 30.0 Å². The van der Waals surface area contributed by atoms with Crippen LogP contribution >= 0.6 is 11.8 Å². The molecule has 8 nitrogen and oxygen atoms in total. The maximum Gasteiger partial charge on any atom is 0.338 e. The molecule has 0 atom stereocenters. The zero-order valence-electron chi connectivity index (χ0n) is 17.8. The van der Waals surface area contributed by atoms with Gasteiger partial charge in [-0.05, 0) is 56.5 Å². The van der Waals surface area contributed by atoms with Gasteiger partial charge in [-0.25, -0.2) is 4.79 Å². The van der Waals surface area contributed by atoms with Crippen molar-refractivity contribution < 1.29 is 14.3 Å². The number of thioether (sulfide) groups is 1. The third kappa shape index (κ3) is 4.47. The summed E-state index contributed by atoms with van der Waals surface area (Å²) in [6.45, 7) is 3.33. The second-order valence-corrected chi connectivity index (χ2v) is 7.84. The van der Waals surface area contributed by atoms with Crippen LogP contribution in [-0.4, -0.2) is 44.5 Å². The summed E-state index contributed by atoms with van der Waals surface area (Å²) >= 11 is 1.48. The van der Waals surface area contributed by atoms with E-state index in [1.165, 1.54) is 11.8 Å². The van der Waals surface area contributed by atoms with Crippen molar-refractivity contribution in [2.45, 2.75) is 19.0 Å². The molecule has 0 saturated heterocycles. The van der Waals surface area contributed by atoms with Gasteiger partial charge in [0.2, 0.25) is 0 Å². The molecule has 0 radical (unpaired) electrons. The number of benzene rings is 2. The lowest BCUT2D eigenvalue weighted by molar-refractivity contribution is -0.119. The first-order valence-electron chi connectivity index (χ1n) is 9.86. The molecule has 0 bridgehead atoms. The van der Waals surface area contributed by atoms with Crippen molar-refractivity contribution in [2.75, 3.05) is 18.2 Å². The molecule has 2 aromatic carbocycles. The van der Waals surface area contributed by atoms with Crippen LogP contribution in [0.2, 0.25) is 0 Å². The van der Waals surface area contributed by atoms with Gasteiger partial charge in [0.15, 0.2) is 11.8 Å².